The Morgan fingerprint density at radius 2 is 2.05 bits per heavy atom. The van der Waals surface area contributed by atoms with E-state index in [9.17, 15) is 8.42 Å². The normalized spacial score (nSPS) is 12.1. The Labute approximate surface area is 134 Å². The number of hydrogen-bond donors (Lipinski definition) is 0. The molecular weight excluding hydrogens is 352 g/mol. The highest BCUT2D eigenvalue weighted by molar-refractivity contribution is 9.09. The zero-order chi connectivity index (χ0) is 15.3. The van der Waals surface area contributed by atoms with Crippen LogP contribution >= 0.6 is 15.9 Å². The molecule has 21 heavy (non-hydrogen) atoms. The molecule has 1 heterocycles. The molecule has 0 aliphatic rings. The number of sulfonamides is 1. The molecule has 0 N–H and O–H groups in total. The van der Waals surface area contributed by atoms with E-state index in [4.69, 9.17) is 0 Å². The summed E-state index contributed by atoms with van der Waals surface area (Å²) in [6.07, 6.45) is 5.14. The molecule has 0 saturated heterocycles. The van der Waals surface area contributed by atoms with Crippen molar-refractivity contribution in [3.63, 3.8) is 0 Å². The van der Waals surface area contributed by atoms with Crippen molar-refractivity contribution in [2.45, 2.75) is 24.7 Å². The summed E-state index contributed by atoms with van der Waals surface area (Å²) in [6.45, 7) is 3.08. The predicted octanol–water partition coefficient (Wildman–Crippen LogP) is 3.42. The molecule has 0 saturated carbocycles. The number of pyridine rings is 1. The summed E-state index contributed by atoms with van der Waals surface area (Å²) in [7, 11) is -3.49. The predicted molar refractivity (Wildman–Crippen MR) is 89.2 cm³/mol. The molecule has 0 atom stereocenters. The quantitative estimate of drug-likeness (QED) is 0.701. The number of rotatable bonds is 7. The van der Waals surface area contributed by atoms with Gasteiger partial charge in [0, 0.05) is 41.6 Å². The molecule has 114 valence electrons. The van der Waals surface area contributed by atoms with Crippen LogP contribution in [0.3, 0.4) is 0 Å². The van der Waals surface area contributed by atoms with Gasteiger partial charge in [0.2, 0.25) is 10.0 Å². The van der Waals surface area contributed by atoms with Crippen LogP contribution in [-0.4, -0.2) is 36.1 Å². The summed E-state index contributed by atoms with van der Waals surface area (Å²) >= 11 is 3.34. The average molecular weight is 371 g/mol. The topological polar surface area (TPSA) is 50.3 Å². The summed E-state index contributed by atoms with van der Waals surface area (Å²) in [5.74, 6) is 0. The first-order valence-electron chi connectivity index (χ1n) is 7.00. The molecule has 0 spiro atoms. The minimum Gasteiger partial charge on any atom is -0.264 e. The molecule has 0 amide bonds. The minimum atomic E-state index is -3.49. The van der Waals surface area contributed by atoms with Gasteiger partial charge >= 0.3 is 0 Å². The van der Waals surface area contributed by atoms with E-state index < -0.39 is 10.0 Å². The molecule has 2 aromatic rings. The van der Waals surface area contributed by atoms with Crippen LogP contribution in [0.2, 0.25) is 0 Å². The number of hydrogen-bond acceptors (Lipinski definition) is 3. The Balaban J connectivity index is 2.49. The van der Waals surface area contributed by atoms with E-state index in [1.165, 1.54) is 0 Å². The Morgan fingerprint density at radius 3 is 2.76 bits per heavy atom. The fourth-order valence-corrected chi connectivity index (χ4v) is 4.59. The molecule has 0 aliphatic carbocycles. The lowest BCUT2D eigenvalue weighted by atomic mass is 10.2. The van der Waals surface area contributed by atoms with Gasteiger partial charge in [-0.05, 0) is 18.6 Å². The number of halogens is 1. The first-order valence-corrected chi connectivity index (χ1v) is 9.56. The first kappa shape index (κ1) is 16.4. The maximum absolute atomic E-state index is 12.9. The second-order valence-corrected chi connectivity index (χ2v) is 7.50. The van der Waals surface area contributed by atoms with Crippen molar-refractivity contribution in [2.24, 2.45) is 0 Å². The van der Waals surface area contributed by atoms with Gasteiger partial charge in [0.1, 0.15) is 0 Å². The van der Waals surface area contributed by atoms with Crippen molar-refractivity contribution in [3.05, 3.63) is 36.7 Å². The van der Waals surface area contributed by atoms with Gasteiger partial charge in [-0.25, -0.2) is 8.42 Å². The average Bonchev–Trinajstić information content (AvgIpc) is 2.50. The highest BCUT2D eigenvalue weighted by Crippen LogP contribution is 2.25. The molecule has 1 aromatic carbocycles. The number of unbranched alkanes of at least 4 members (excludes halogenated alkanes) is 1. The van der Waals surface area contributed by atoms with Crippen LogP contribution in [0, 0.1) is 0 Å². The van der Waals surface area contributed by atoms with Gasteiger partial charge in [-0.1, -0.05) is 41.4 Å². The summed E-state index contributed by atoms with van der Waals surface area (Å²) in [6, 6.07) is 7.07. The summed E-state index contributed by atoms with van der Waals surface area (Å²) in [5, 5.41) is 2.19. The largest absolute Gasteiger partial charge is 0.264 e. The molecular formula is C15H19BrN2O2S. The van der Waals surface area contributed by atoms with E-state index in [0.717, 1.165) is 23.6 Å². The van der Waals surface area contributed by atoms with Gasteiger partial charge in [-0.3, -0.25) is 4.98 Å². The SMILES string of the molecule is CCCCN(CCBr)S(=O)(=O)c1cccc2cnccc12. The molecule has 0 aliphatic heterocycles. The van der Waals surface area contributed by atoms with Crippen LogP contribution in [0.25, 0.3) is 10.8 Å². The van der Waals surface area contributed by atoms with Crippen molar-refractivity contribution in [1.82, 2.24) is 9.29 Å². The Hall–Kier alpha value is -0.980. The number of fused-ring (bicyclic) bond motifs is 1. The second-order valence-electron chi connectivity index (χ2n) is 4.80. The van der Waals surface area contributed by atoms with Crippen LogP contribution in [0.4, 0.5) is 0 Å². The Bertz CT molecular complexity index is 698. The zero-order valence-electron chi connectivity index (χ0n) is 12.0. The van der Waals surface area contributed by atoms with Crippen LogP contribution in [-0.2, 0) is 10.0 Å². The summed E-state index contributed by atoms with van der Waals surface area (Å²) in [5.41, 5.74) is 0. The maximum atomic E-state index is 12.9. The van der Waals surface area contributed by atoms with Gasteiger partial charge in [0.05, 0.1) is 4.90 Å². The van der Waals surface area contributed by atoms with Gasteiger partial charge in [-0.2, -0.15) is 4.31 Å². The van der Waals surface area contributed by atoms with Crippen LogP contribution in [0.5, 0.6) is 0 Å². The van der Waals surface area contributed by atoms with Crippen LogP contribution in [0.15, 0.2) is 41.6 Å². The second kappa shape index (κ2) is 7.33. The third kappa shape index (κ3) is 3.62. The molecule has 0 unspecified atom stereocenters. The molecule has 0 bridgehead atoms. The molecule has 0 radical (unpaired) electrons. The minimum absolute atomic E-state index is 0.361. The van der Waals surface area contributed by atoms with Crippen molar-refractivity contribution in [2.75, 3.05) is 18.4 Å². The van der Waals surface area contributed by atoms with Gasteiger partial charge in [0.15, 0.2) is 0 Å². The molecule has 1 aromatic heterocycles. The van der Waals surface area contributed by atoms with Gasteiger partial charge in [0.25, 0.3) is 0 Å². The van der Waals surface area contributed by atoms with E-state index in [1.807, 2.05) is 6.07 Å². The van der Waals surface area contributed by atoms with Crippen molar-refractivity contribution < 1.29 is 8.42 Å². The summed E-state index contributed by atoms with van der Waals surface area (Å²) in [4.78, 5) is 4.41. The van der Waals surface area contributed by atoms with Crippen molar-refractivity contribution in [3.8, 4) is 0 Å². The lowest BCUT2D eigenvalue weighted by molar-refractivity contribution is 0.422. The van der Waals surface area contributed by atoms with E-state index in [-0.39, 0.29) is 0 Å². The fraction of sp³-hybridized carbons (Fsp3) is 0.400. The van der Waals surface area contributed by atoms with Gasteiger partial charge < -0.3 is 0 Å². The third-order valence-corrected chi connectivity index (χ3v) is 5.66. The lowest BCUT2D eigenvalue weighted by Gasteiger charge is -2.22. The zero-order valence-corrected chi connectivity index (χ0v) is 14.4. The van der Waals surface area contributed by atoms with Crippen molar-refractivity contribution in [1.29, 1.82) is 0 Å². The summed E-state index contributed by atoms with van der Waals surface area (Å²) < 4.78 is 27.4. The highest BCUT2D eigenvalue weighted by Gasteiger charge is 2.25. The van der Waals surface area contributed by atoms with Crippen molar-refractivity contribution >= 4 is 36.7 Å². The van der Waals surface area contributed by atoms with E-state index in [1.54, 1.807) is 34.9 Å². The Kier molecular flexibility index (Phi) is 5.72. The van der Waals surface area contributed by atoms with E-state index in [0.29, 0.717) is 23.3 Å². The molecule has 0 fully saturated rings. The Morgan fingerprint density at radius 1 is 1.24 bits per heavy atom. The van der Waals surface area contributed by atoms with Gasteiger partial charge in [-0.15, -0.1) is 0 Å². The smallest absolute Gasteiger partial charge is 0.243 e. The van der Waals surface area contributed by atoms with Crippen LogP contribution < -0.4 is 0 Å². The number of alkyl halides is 1. The molecule has 6 heteroatoms. The van der Waals surface area contributed by atoms with E-state index in [2.05, 4.69) is 27.8 Å². The maximum Gasteiger partial charge on any atom is 0.243 e. The number of benzene rings is 1. The first-order chi connectivity index (χ1) is 10.1. The lowest BCUT2D eigenvalue weighted by Crippen LogP contribution is -2.33. The fourth-order valence-electron chi connectivity index (χ4n) is 2.24. The number of aromatic nitrogens is 1. The molecule has 2 rings (SSSR count). The van der Waals surface area contributed by atoms with E-state index >= 15 is 0 Å². The monoisotopic (exact) mass is 370 g/mol. The number of nitrogens with zero attached hydrogens (tertiary/aromatic N) is 2. The van der Waals surface area contributed by atoms with Crippen LogP contribution in [0.1, 0.15) is 19.8 Å². The standard InChI is InChI=1S/C15H19BrN2O2S/c1-2-3-10-18(11-8-16)21(19,20)15-6-4-5-13-12-17-9-7-14(13)15/h4-7,9,12H,2-3,8,10-11H2,1H3. The highest BCUT2D eigenvalue weighted by atomic mass is 79.9. The molecule has 4 nitrogen and oxygen atoms in total. The third-order valence-electron chi connectivity index (χ3n) is 3.35.